The smallest absolute Gasteiger partial charge is 0.416 e. The summed E-state index contributed by atoms with van der Waals surface area (Å²) in [7, 11) is 1.49. The number of carbonyl (C=O) groups is 1. The SMILES string of the molecule is COc1ccc(-c2cccc(C(=O)O)c2)c2cc(Cc3cccc(C(F)(F)F)c3)oc12. The molecule has 0 atom stereocenters. The van der Waals surface area contributed by atoms with Gasteiger partial charge in [0.15, 0.2) is 11.3 Å². The first-order chi connectivity index (χ1) is 14.8. The van der Waals surface area contributed by atoms with Gasteiger partial charge in [-0.15, -0.1) is 0 Å². The van der Waals surface area contributed by atoms with Crippen molar-refractivity contribution in [2.75, 3.05) is 7.11 Å². The van der Waals surface area contributed by atoms with Gasteiger partial charge in [-0.05, 0) is 53.1 Å². The van der Waals surface area contributed by atoms with Crippen LogP contribution in [0.4, 0.5) is 13.2 Å². The number of alkyl halides is 3. The largest absolute Gasteiger partial charge is 0.493 e. The van der Waals surface area contributed by atoms with Crippen LogP contribution in [0.15, 0.2) is 71.1 Å². The van der Waals surface area contributed by atoms with Crippen molar-refractivity contribution in [3.05, 3.63) is 89.2 Å². The van der Waals surface area contributed by atoms with Gasteiger partial charge in [0.1, 0.15) is 5.76 Å². The summed E-state index contributed by atoms with van der Waals surface area (Å²) in [4.78, 5) is 11.3. The lowest BCUT2D eigenvalue weighted by atomic mass is 9.99. The Bertz CT molecular complexity index is 1270. The van der Waals surface area contributed by atoms with Crippen LogP contribution in [-0.2, 0) is 12.6 Å². The number of benzene rings is 3. The highest BCUT2D eigenvalue weighted by Gasteiger charge is 2.30. The molecule has 0 radical (unpaired) electrons. The van der Waals surface area contributed by atoms with Gasteiger partial charge in [-0.2, -0.15) is 13.2 Å². The predicted octanol–water partition coefficient (Wildman–Crippen LogP) is 6.42. The van der Waals surface area contributed by atoms with Crippen molar-refractivity contribution in [2.24, 2.45) is 0 Å². The third-order valence-electron chi connectivity index (χ3n) is 4.97. The molecule has 0 aliphatic rings. The molecule has 0 fully saturated rings. The van der Waals surface area contributed by atoms with E-state index in [1.165, 1.54) is 19.2 Å². The van der Waals surface area contributed by atoms with E-state index >= 15 is 0 Å². The van der Waals surface area contributed by atoms with E-state index in [2.05, 4.69) is 0 Å². The Morgan fingerprint density at radius 2 is 1.81 bits per heavy atom. The van der Waals surface area contributed by atoms with Gasteiger partial charge in [0, 0.05) is 11.8 Å². The van der Waals surface area contributed by atoms with E-state index in [-0.39, 0.29) is 12.0 Å². The van der Waals surface area contributed by atoms with E-state index in [1.54, 1.807) is 42.5 Å². The predicted molar refractivity (Wildman–Crippen MR) is 109 cm³/mol. The zero-order valence-corrected chi connectivity index (χ0v) is 16.4. The first-order valence-electron chi connectivity index (χ1n) is 9.35. The fraction of sp³-hybridized carbons (Fsp3) is 0.125. The molecule has 0 aliphatic carbocycles. The fourth-order valence-electron chi connectivity index (χ4n) is 3.53. The van der Waals surface area contributed by atoms with Crippen molar-refractivity contribution in [2.45, 2.75) is 12.6 Å². The third kappa shape index (κ3) is 4.12. The highest BCUT2D eigenvalue weighted by Crippen LogP contribution is 2.38. The molecule has 4 nitrogen and oxygen atoms in total. The number of hydrogen-bond donors (Lipinski definition) is 1. The number of aromatic carboxylic acids is 1. The van der Waals surface area contributed by atoms with Crippen molar-refractivity contribution in [3.8, 4) is 16.9 Å². The van der Waals surface area contributed by atoms with E-state index in [4.69, 9.17) is 9.15 Å². The maximum absolute atomic E-state index is 13.0. The first kappa shape index (κ1) is 20.5. The van der Waals surface area contributed by atoms with E-state index < -0.39 is 17.7 Å². The van der Waals surface area contributed by atoms with Gasteiger partial charge in [0.25, 0.3) is 0 Å². The third-order valence-corrected chi connectivity index (χ3v) is 4.97. The lowest BCUT2D eigenvalue weighted by molar-refractivity contribution is -0.137. The van der Waals surface area contributed by atoms with Crippen LogP contribution >= 0.6 is 0 Å². The Kier molecular flexibility index (Phi) is 5.19. The van der Waals surface area contributed by atoms with E-state index in [9.17, 15) is 23.1 Å². The van der Waals surface area contributed by atoms with Crippen LogP contribution in [0.1, 0.15) is 27.2 Å². The van der Waals surface area contributed by atoms with Gasteiger partial charge in [-0.3, -0.25) is 0 Å². The van der Waals surface area contributed by atoms with Crippen LogP contribution in [-0.4, -0.2) is 18.2 Å². The summed E-state index contributed by atoms with van der Waals surface area (Å²) in [5.74, 6) is -0.0954. The minimum Gasteiger partial charge on any atom is -0.493 e. The molecule has 3 aromatic carbocycles. The fourth-order valence-corrected chi connectivity index (χ4v) is 3.53. The Hall–Kier alpha value is -3.74. The zero-order chi connectivity index (χ0) is 22.2. The first-order valence-corrected chi connectivity index (χ1v) is 9.35. The molecule has 31 heavy (non-hydrogen) atoms. The van der Waals surface area contributed by atoms with Crippen LogP contribution in [0.2, 0.25) is 0 Å². The number of methoxy groups -OCH3 is 1. The summed E-state index contributed by atoms with van der Waals surface area (Å²) in [6, 6.07) is 16.9. The van der Waals surface area contributed by atoms with Crippen LogP contribution in [0.25, 0.3) is 22.1 Å². The lowest BCUT2D eigenvalue weighted by Crippen LogP contribution is -2.05. The van der Waals surface area contributed by atoms with Crippen LogP contribution in [0.5, 0.6) is 5.75 Å². The molecule has 0 saturated carbocycles. The standard InChI is InChI=1S/C24H17F3O4/c1-30-21-9-8-19(15-5-3-6-16(12-15)23(28)29)20-13-18(31-22(20)21)11-14-4-2-7-17(10-14)24(25,26)27/h2-10,12-13H,11H2,1H3,(H,28,29). The summed E-state index contributed by atoms with van der Waals surface area (Å²) in [5, 5.41) is 9.97. The number of hydrogen-bond acceptors (Lipinski definition) is 3. The summed E-state index contributed by atoms with van der Waals surface area (Å²) < 4.78 is 50.4. The maximum atomic E-state index is 13.0. The Balaban J connectivity index is 1.79. The molecule has 158 valence electrons. The van der Waals surface area contributed by atoms with Crippen LogP contribution < -0.4 is 4.74 Å². The monoisotopic (exact) mass is 426 g/mol. The molecule has 4 aromatic rings. The van der Waals surface area contributed by atoms with E-state index in [0.29, 0.717) is 33.6 Å². The lowest BCUT2D eigenvalue weighted by Gasteiger charge is -2.07. The normalized spacial score (nSPS) is 11.6. The topological polar surface area (TPSA) is 59.7 Å². The Morgan fingerprint density at radius 3 is 2.52 bits per heavy atom. The number of halogens is 3. The molecule has 0 saturated heterocycles. The van der Waals surface area contributed by atoms with Crippen molar-refractivity contribution >= 4 is 16.9 Å². The minimum absolute atomic E-state index is 0.147. The van der Waals surface area contributed by atoms with Gasteiger partial charge in [0.05, 0.1) is 18.2 Å². The second kappa shape index (κ2) is 7.83. The average molecular weight is 426 g/mol. The summed E-state index contributed by atoms with van der Waals surface area (Å²) in [6.45, 7) is 0. The molecule has 4 rings (SSSR count). The molecule has 0 amide bonds. The van der Waals surface area contributed by atoms with Gasteiger partial charge < -0.3 is 14.3 Å². The van der Waals surface area contributed by atoms with Crippen LogP contribution in [0.3, 0.4) is 0 Å². The summed E-state index contributed by atoms with van der Waals surface area (Å²) >= 11 is 0. The van der Waals surface area contributed by atoms with Crippen LogP contribution in [0, 0.1) is 0 Å². The second-order valence-electron chi connectivity index (χ2n) is 7.03. The number of carboxylic acid groups (broad SMARTS) is 1. The zero-order valence-electron chi connectivity index (χ0n) is 16.4. The molecular formula is C24H17F3O4. The quantitative estimate of drug-likeness (QED) is 0.400. The maximum Gasteiger partial charge on any atom is 0.416 e. The Morgan fingerprint density at radius 1 is 1.03 bits per heavy atom. The molecule has 1 N–H and O–H groups in total. The summed E-state index contributed by atoms with van der Waals surface area (Å²) in [6.07, 6.45) is -4.26. The number of fused-ring (bicyclic) bond motifs is 1. The van der Waals surface area contributed by atoms with Crippen molar-refractivity contribution in [3.63, 3.8) is 0 Å². The molecule has 0 aliphatic heterocycles. The Labute approximate surface area is 175 Å². The highest BCUT2D eigenvalue weighted by molar-refractivity contribution is 5.99. The minimum atomic E-state index is -4.42. The van der Waals surface area contributed by atoms with Gasteiger partial charge in [-0.1, -0.05) is 30.3 Å². The molecule has 1 aromatic heterocycles. The van der Waals surface area contributed by atoms with E-state index in [1.807, 2.05) is 0 Å². The number of carboxylic acids is 1. The number of furan rings is 1. The van der Waals surface area contributed by atoms with Crippen molar-refractivity contribution in [1.82, 2.24) is 0 Å². The molecule has 7 heteroatoms. The van der Waals surface area contributed by atoms with Crippen molar-refractivity contribution in [1.29, 1.82) is 0 Å². The molecule has 0 bridgehead atoms. The van der Waals surface area contributed by atoms with Gasteiger partial charge >= 0.3 is 12.1 Å². The number of ether oxygens (including phenoxy) is 1. The highest BCUT2D eigenvalue weighted by atomic mass is 19.4. The summed E-state index contributed by atoms with van der Waals surface area (Å²) in [5.41, 5.74) is 1.75. The van der Waals surface area contributed by atoms with Gasteiger partial charge in [-0.25, -0.2) is 4.79 Å². The van der Waals surface area contributed by atoms with Gasteiger partial charge in [0.2, 0.25) is 0 Å². The molecular weight excluding hydrogens is 409 g/mol. The van der Waals surface area contributed by atoms with Crippen molar-refractivity contribution < 1.29 is 32.2 Å². The molecule has 0 unspecified atom stereocenters. The average Bonchev–Trinajstić information content (AvgIpc) is 3.16. The molecule has 0 spiro atoms. The van der Waals surface area contributed by atoms with E-state index in [0.717, 1.165) is 17.7 Å². The molecule has 1 heterocycles. The number of rotatable bonds is 5. The second-order valence-corrected chi connectivity index (χ2v) is 7.03.